The van der Waals surface area contributed by atoms with Gasteiger partial charge in [0, 0.05) is 43.7 Å². The Bertz CT molecular complexity index is 1170. The third-order valence-corrected chi connectivity index (χ3v) is 7.22. The molecule has 3 aromatic rings. The van der Waals surface area contributed by atoms with E-state index in [0.717, 1.165) is 61.9 Å². The van der Waals surface area contributed by atoms with Gasteiger partial charge in [-0.15, -0.1) is 10.2 Å². The lowest BCUT2D eigenvalue weighted by Gasteiger charge is -2.31. The molecule has 1 N–H and O–H groups in total. The molecule has 194 valence electrons. The Morgan fingerprint density at radius 2 is 1.73 bits per heavy atom. The topological polar surface area (TPSA) is 96.4 Å². The molecule has 0 unspecified atom stereocenters. The van der Waals surface area contributed by atoms with Crippen molar-refractivity contribution in [2.75, 3.05) is 49.1 Å². The second-order valence-electron chi connectivity index (χ2n) is 9.75. The molecule has 0 atom stereocenters. The van der Waals surface area contributed by atoms with Crippen LogP contribution < -0.4 is 19.9 Å². The number of piperidine rings is 2. The highest BCUT2D eigenvalue weighted by Crippen LogP contribution is 2.25. The predicted molar refractivity (Wildman–Crippen MR) is 144 cm³/mol. The average Bonchev–Trinajstić information content (AvgIpc) is 2.96. The number of nitrogens with one attached hydrogen (secondary N) is 1. The van der Waals surface area contributed by atoms with Crippen LogP contribution in [0.15, 0.2) is 48.8 Å². The zero-order valence-corrected chi connectivity index (χ0v) is 21.5. The van der Waals surface area contributed by atoms with Gasteiger partial charge in [0.25, 0.3) is 0 Å². The first-order valence-corrected chi connectivity index (χ1v) is 13.3. The van der Waals surface area contributed by atoms with E-state index in [9.17, 15) is 4.79 Å². The Labute approximate surface area is 218 Å². The largest absolute Gasteiger partial charge is 0.476 e. The first-order chi connectivity index (χ1) is 18.2. The van der Waals surface area contributed by atoms with Gasteiger partial charge in [-0.05, 0) is 56.7 Å². The number of aromatic nitrogens is 4. The molecule has 2 aromatic heterocycles. The maximum atomic E-state index is 12.7. The molecule has 9 nitrogen and oxygen atoms in total. The summed E-state index contributed by atoms with van der Waals surface area (Å²) in [5.74, 6) is 2.40. The molecule has 9 heteroatoms. The zero-order valence-electron chi connectivity index (χ0n) is 21.5. The number of anilines is 2. The maximum absolute atomic E-state index is 12.7. The van der Waals surface area contributed by atoms with Gasteiger partial charge in [0.05, 0.1) is 12.2 Å². The molecular formula is C28H35N7O2. The second-order valence-corrected chi connectivity index (χ2v) is 9.75. The standard InChI is InChI=1S/C28H35N7O2/c1-21-7-3-4-8-23(21)24-9-10-25(33-32-24)35-16-11-22(12-17-35)28(36)29-13-18-37-27-19-26(30-20-31-27)34-14-5-2-6-15-34/h3-4,7-10,19-20,22H,2,5-6,11-18H2,1H3,(H,29,36). The van der Waals surface area contributed by atoms with Gasteiger partial charge in [0.2, 0.25) is 11.8 Å². The van der Waals surface area contributed by atoms with Crippen molar-refractivity contribution in [3.8, 4) is 17.1 Å². The fourth-order valence-electron chi connectivity index (χ4n) is 5.05. The number of hydrogen-bond donors (Lipinski definition) is 1. The van der Waals surface area contributed by atoms with Gasteiger partial charge in [-0.3, -0.25) is 4.79 Å². The fourth-order valence-corrected chi connectivity index (χ4v) is 5.05. The van der Waals surface area contributed by atoms with Gasteiger partial charge < -0.3 is 19.9 Å². The van der Waals surface area contributed by atoms with E-state index in [4.69, 9.17) is 4.74 Å². The quantitative estimate of drug-likeness (QED) is 0.468. The molecule has 2 aliphatic heterocycles. The monoisotopic (exact) mass is 501 g/mol. The van der Waals surface area contributed by atoms with E-state index in [1.54, 1.807) is 6.33 Å². The summed E-state index contributed by atoms with van der Waals surface area (Å²) in [6.07, 6.45) is 6.79. The number of carbonyl (C=O) groups is 1. The van der Waals surface area contributed by atoms with Crippen molar-refractivity contribution in [1.29, 1.82) is 0 Å². The lowest BCUT2D eigenvalue weighted by molar-refractivity contribution is -0.125. The molecule has 5 rings (SSSR count). The Kier molecular flexibility index (Phi) is 8.08. The van der Waals surface area contributed by atoms with E-state index in [2.05, 4.69) is 54.3 Å². The third-order valence-electron chi connectivity index (χ3n) is 7.22. The Morgan fingerprint density at radius 3 is 2.49 bits per heavy atom. The minimum absolute atomic E-state index is 0.000190. The van der Waals surface area contributed by atoms with E-state index in [0.29, 0.717) is 19.0 Å². The van der Waals surface area contributed by atoms with E-state index < -0.39 is 0 Å². The summed E-state index contributed by atoms with van der Waals surface area (Å²) in [4.78, 5) is 25.8. The van der Waals surface area contributed by atoms with Crippen LogP contribution in [0, 0.1) is 12.8 Å². The molecule has 0 saturated carbocycles. The summed E-state index contributed by atoms with van der Waals surface area (Å²) in [5, 5.41) is 11.9. The molecule has 0 aliphatic carbocycles. The lowest BCUT2D eigenvalue weighted by atomic mass is 9.96. The van der Waals surface area contributed by atoms with Crippen LogP contribution >= 0.6 is 0 Å². The Hall–Kier alpha value is -3.75. The van der Waals surface area contributed by atoms with Crippen molar-refractivity contribution < 1.29 is 9.53 Å². The number of amides is 1. The molecule has 1 amide bonds. The highest BCUT2D eigenvalue weighted by Gasteiger charge is 2.25. The van der Waals surface area contributed by atoms with Crippen molar-refractivity contribution in [3.63, 3.8) is 0 Å². The van der Waals surface area contributed by atoms with Crippen molar-refractivity contribution in [2.45, 2.75) is 39.0 Å². The van der Waals surface area contributed by atoms with E-state index in [1.807, 2.05) is 30.3 Å². The zero-order chi connectivity index (χ0) is 25.5. The molecule has 1 aromatic carbocycles. The first kappa shape index (κ1) is 24.9. The van der Waals surface area contributed by atoms with Crippen LogP contribution in [0.3, 0.4) is 0 Å². The number of carbonyl (C=O) groups excluding carboxylic acids is 1. The average molecular weight is 502 g/mol. The fraction of sp³-hybridized carbons (Fsp3) is 0.464. The number of aryl methyl sites for hydroxylation is 1. The van der Waals surface area contributed by atoms with Crippen molar-refractivity contribution >= 4 is 17.5 Å². The molecule has 2 fully saturated rings. The summed E-state index contributed by atoms with van der Waals surface area (Å²) in [6.45, 7) is 6.53. The Balaban J connectivity index is 1.04. The molecule has 2 aliphatic rings. The van der Waals surface area contributed by atoms with Crippen molar-refractivity contribution in [3.05, 3.63) is 54.4 Å². The summed E-state index contributed by atoms with van der Waals surface area (Å²) in [7, 11) is 0. The minimum Gasteiger partial charge on any atom is -0.476 e. The van der Waals surface area contributed by atoms with E-state index in [-0.39, 0.29) is 11.8 Å². The predicted octanol–water partition coefficient (Wildman–Crippen LogP) is 3.64. The van der Waals surface area contributed by atoms with Gasteiger partial charge in [-0.1, -0.05) is 24.3 Å². The van der Waals surface area contributed by atoms with Crippen molar-refractivity contribution in [2.24, 2.45) is 5.92 Å². The van der Waals surface area contributed by atoms with Crippen LogP contribution in [0.25, 0.3) is 11.3 Å². The molecule has 0 radical (unpaired) electrons. The van der Waals surface area contributed by atoms with Gasteiger partial charge in [0.15, 0.2) is 5.82 Å². The number of ether oxygens (including phenoxy) is 1. The van der Waals surface area contributed by atoms with Gasteiger partial charge in [-0.2, -0.15) is 0 Å². The molecule has 37 heavy (non-hydrogen) atoms. The van der Waals surface area contributed by atoms with Gasteiger partial charge >= 0.3 is 0 Å². The smallest absolute Gasteiger partial charge is 0.223 e. The summed E-state index contributed by atoms with van der Waals surface area (Å²) < 4.78 is 5.78. The summed E-state index contributed by atoms with van der Waals surface area (Å²) in [5.41, 5.74) is 3.16. The van der Waals surface area contributed by atoms with Crippen LogP contribution in [0.4, 0.5) is 11.6 Å². The van der Waals surface area contributed by atoms with Crippen LogP contribution in [0.2, 0.25) is 0 Å². The SMILES string of the molecule is Cc1ccccc1-c1ccc(N2CCC(C(=O)NCCOc3cc(N4CCCCC4)ncn3)CC2)nn1. The molecule has 4 heterocycles. The summed E-state index contributed by atoms with van der Waals surface area (Å²) in [6, 6.07) is 14.1. The lowest BCUT2D eigenvalue weighted by Crippen LogP contribution is -2.41. The molecule has 2 saturated heterocycles. The van der Waals surface area contributed by atoms with Crippen LogP contribution in [0.5, 0.6) is 5.88 Å². The Morgan fingerprint density at radius 1 is 0.946 bits per heavy atom. The normalized spacial score (nSPS) is 16.5. The molecular weight excluding hydrogens is 466 g/mol. The van der Waals surface area contributed by atoms with Crippen LogP contribution in [-0.4, -0.2) is 65.4 Å². The number of hydrogen-bond acceptors (Lipinski definition) is 8. The van der Waals surface area contributed by atoms with Crippen LogP contribution in [0.1, 0.15) is 37.7 Å². The maximum Gasteiger partial charge on any atom is 0.223 e. The number of rotatable bonds is 8. The van der Waals surface area contributed by atoms with E-state index >= 15 is 0 Å². The number of benzene rings is 1. The highest BCUT2D eigenvalue weighted by molar-refractivity contribution is 5.79. The van der Waals surface area contributed by atoms with Gasteiger partial charge in [0.1, 0.15) is 18.8 Å². The minimum atomic E-state index is 0.000190. The third kappa shape index (κ3) is 6.34. The number of nitrogens with zero attached hydrogens (tertiary/aromatic N) is 6. The highest BCUT2D eigenvalue weighted by atomic mass is 16.5. The van der Waals surface area contributed by atoms with E-state index in [1.165, 1.54) is 24.8 Å². The van der Waals surface area contributed by atoms with Crippen molar-refractivity contribution in [1.82, 2.24) is 25.5 Å². The van der Waals surface area contributed by atoms with Gasteiger partial charge in [-0.25, -0.2) is 9.97 Å². The molecule has 0 spiro atoms. The molecule has 0 bridgehead atoms. The summed E-state index contributed by atoms with van der Waals surface area (Å²) >= 11 is 0. The van der Waals surface area contributed by atoms with Crippen LogP contribution in [-0.2, 0) is 4.79 Å². The first-order valence-electron chi connectivity index (χ1n) is 13.3. The second kappa shape index (κ2) is 12.0.